The Morgan fingerprint density at radius 1 is 1.11 bits per heavy atom. The molecule has 2 amide bonds. The average Bonchev–Trinajstić information content (AvgIpc) is 2.92. The van der Waals surface area contributed by atoms with Crippen molar-refractivity contribution in [2.75, 3.05) is 33.8 Å². The molecule has 37 heavy (non-hydrogen) atoms. The molecule has 1 heterocycles. The number of likely N-dealkylation sites (tertiary alicyclic amines) is 1. The molecule has 0 radical (unpaired) electrons. The molecule has 1 atom stereocenters. The van der Waals surface area contributed by atoms with Crippen LogP contribution in [0.2, 0.25) is 0 Å². The summed E-state index contributed by atoms with van der Waals surface area (Å²) in [6.45, 7) is 0.949. The van der Waals surface area contributed by atoms with Crippen LogP contribution in [0.1, 0.15) is 24.8 Å². The zero-order chi connectivity index (χ0) is 26.1. The number of benzene rings is 2. The van der Waals surface area contributed by atoms with Crippen LogP contribution < -0.4 is 15.5 Å². The van der Waals surface area contributed by atoms with Crippen LogP contribution in [0.5, 0.6) is 5.75 Å². The molecule has 1 unspecified atom stereocenters. The summed E-state index contributed by atoms with van der Waals surface area (Å²) < 4.78 is 33.6. The van der Waals surface area contributed by atoms with E-state index >= 15 is 0 Å². The normalized spacial score (nSPS) is 15.1. The van der Waals surface area contributed by atoms with Gasteiger partial charge in [0.2, 0.25) is 15.9 Å². The van der Waals surface area contributed by atoms with E-state index in [-0.39, 0.29) is 42.6 Å². The second kappa shape index (κ2) is 14.3. The maximum atomic E-state index is 13.7. The first-order valence-corrected chi connectivity index (χ1v) is 13.3. The Labute approximate surface area is 224 Å². The second-order valence-corrected chi connectivity index (χ2v) is 10.6. The van der Waals surface area contributed by atoms with Crippen molar-refractivity contribution in [3.63, 3.8) is 0 Å². The first kappa shape index (κ1) is 30.5. The Kier molecular flexibility index (Phi) is 11.8. The van der Waals surface area contributed by atoms with Gasteiger partial charge >= 0.3 is 0 Å². The predicted octanol–water partition coefficient (Wildman–Crippen LogP) is 1.82. The summed E-state index contributed by atoms with van der Waals surface area (Å²) in [5.41, 5.74) is 2.31. The maximum Gasteiger partial charge on any atom is 0.262 e. The van der Waals surface area contributed by atoms with Gasteiger partial charge in [-0.1, -0.05) is 30.3 Å². The van der Waals surface area contributed by atoms with E-state index in [1.165, 1.54) is 31.4 Å². The van der Waals surface area contributed by atoms with Crippen LogP contribution in [-0.4, -0.2) is 80.5 Å². The van der Waals surface area contributed by atoms with Crippen molar-refractivity contribution in [3.05, 3.63) is 60.2 Å². The van der Waals surface area contributed by atoms with Crippen LogP contribution >= 0.6 is 12.4 Å². The maximum absolute atomic E-state index is 13.7. The number of halogens is 1. The van der Waals surface area contributed by atoms with Gasteiger partial charge in [0.05, 0.1) is 12.0 Å². The molecule has 2 aromatic carbocycles. The lowest BCUT2D eigenvalue weighted by Crippen LogP contribution is -2.51. The van der Waals surface area contributed by atoms with E-state index in [4.69, 9.17) is 4.74 Å². The molecule has 1 aliphatic heterocycles. The summed E-state index contributed by atoms with van der Waals surface area (Å²) in [6, 6.07) is 13.8. The van der Waals surface area contributed by atoms with E-state index in [1.807, 2.05) is 13.1 Å². The number of hydrogen-bond donors (Lipinski definition) is 3. The molecule has 3 N–H and O–H groups in total. The molecule has 10 nitrogen and oxygen atoms in total. The molecule has 0 bridgehead atoms. The van der Waals surface area contributed by atoms with Crippen molar-refractivity contribution < 1.29 is 28.0 Å². The number of carbonyl (C=O) groups excluding carboxylic acids is 2. The lowest BCUT2D eigenvalue weighted by Gasteiger charge is -2.33. The summed E-state index contributed by atoms with van der Waals surface area (Å²) in [6.07, 6.45) is 1.56. The molecule has 0 spiro atoms. The van der Waals surface area contributed by atoms with Crippen LogP contribution in [-0.2, 0) is 26.0 Å². The van der Waals surface area contributed by atoms with E-state index in [9.17, 15) is 23.2 Å². The highest BCUT2D eigenvalue weighted by atomic mass is 35.5. The number of amides is 2. The molecule has 0 aliphatic carbocycles. The Bertz CT molecular complexity index is 1110. The van der Waals surface area contributed by atoms with Gasteiger partial charge in [0, 0.05) is 32.1 Å². The smallest absolute Gasteiger partial charge is 0.262 e. The number of rotatable bonds is 11. The van der Waals surface area contributed by atoms with Gasteiger partial charge in [0.25, 0.3) is 5.91 Å². The average molecular weight is 555 g/mol. The van der Waals surface area contributed by atoms with Crippen LogP contribution in [0.3, 0.4) is 0 Å². The number of hydroxylamine groups is 1. The van der Waals surface area contributed by atoms with Gasteiger partial charge in [-0.05, 0) is 56.1 Å². The van der Waals surface area contributed by atoms with Gasteiger partial charge < -0.3 is 15.0 Å². The molecule has 1 aliphatic rings. The zero-order valence-electron chi connectivity index (χ0n) is 21.0. The lowest BCUT2D eigenvalue weighted by molar-refractivity contribution is -0.135. The first-order valence-electron chi connectivity index (χ1n) is 11.9. The van der Waals surface area contributed by atoms with E-state index in [1.54, 1.807) is 34.6 Å². The van der Waals surface area contributed by atoms with Crippen molar-refractivity contribution in [1.82, 2.24) is 20.0 Å². The first-order chi connectivity index (χ1) is 17.3. The zero-order valence-corrected chi connectivity index (χ0v) is 22.6. The fourth-order valence-corrected chi connectivity index (χ4v) is 5.93. The minimum absolute atomic E-state index is 0. The number of nitrogens with one attached hydrogen (secondary N) is 2. The molecule has 1 fully saturated rings. The van der Waals surface area contributed by atoms with Crippen molar-refractivity contribution in [2.45, 2.75) is 42.7 Å². The van der Waals surface area contributed by atoms with E-state index in [0.717, 1.165) is 17.1 Å². The van der Waals surface area contributed by atoms with Crippen LogP contribution in [0.4, 0.5) is 0 Å². The van der Waals surface area contributed by atoms with E-state index in [2.05, 4.69) is 5.32 Å². The van der Waals surface area contributed by atoms with Gasteiger partial charge in [-0.2, -0.15) is 4.31 Å². The Hall–Kier alpha value is -2.70. The number of ether oxygens (including phenoxy) is 1. The van der Waals surface area contributed by atoms with Gasteiger partial charge in [-0.3, -0.25) is 14.8 Å². The number of carbonyl (C=O) groups is 2. The third-order valence-electron chi connectivity index (χ3n) is 6.50. The largest absolute Gasteiger partial charge is 0.497 e. The van der Waals surface area contributed by atoms with Crippen LogP contribution in [0.25, 0.3) is 0 Å². The quantitative estimate of drug-likeness (QED) is 0.285. The number of methoxy groups -OCH3 is 1. The summed E-state index contributed by atoms with van der Waals surface area (Å²) in [5, 5.41) is 12.7. The highest BCUT2D eigenvalue weighted by Crippen LogP contribution is 2.24. The van der Waals surface area contributed by atoms with Gasteiger partial charge in [-0.15, -0.1) is 12.4 Å². The number of sulfonamides is 1. The summed E-state index contributed by atoms with van der Waals surface area (Å²) in [4.78, 5) is 27.4. The highest BCUT2D eigenvalue weighted by Gasteiger charge is 2.37. The summed E-state index contributed by atoms with van der Waals surface area (Å²) in [5.74, 6) is -0.574. The third kappa shape index (κ3) is 7.89. The van der Waals surface area contributed by atoms with Crippen LogP contribution in [0.15, 0.2) is 59.5 Å². The Balaban J connectivity index is 0.00000481. The topological polar surface area (TPSA) is 128 Å². The number of hydrogen-bond acceptors (Lipinski definition) is 7. The molecule has 3 rings (SSSR count). The van der Waals surface area contributed by atoms with E-state index < -0.39 is 22.0 Å². The van der Waals surface area contributed by atoms with Gasteiger partial charge in [0.15, 0.2) is 0 Å². The Morgan fingerprint density at radius 3 is 2.27 bits per heavy atom. The monoisotopic (exact) mass is 554 g/mol. The minimum atomic E-state index is -4.21. The standard InChI is InChI=1S/C25H34N4O6S.ClH/c1-26-20-12-15-28(16-13-20)24(30)14-17-29(36(33,34)22-10-8-21(35-2)9-11-22)23(25(31)27-32)18-19-6-4-3-5-7-19;/h3-11,20,23,26,32H,12-18H2,1-2H3,(H,27,31);1H. The minimum Gasteiger partial charge on any atom is -0.497 e. The van der Waals surface area contributed by atoms with Crippen molar-refractivity contribution >= 4 is 34.2 Å². The molecule has 0 aromatic heterocycles. The fraction of sp³-hybridized carbons (Fsp3) is 0.440. The van der Waals surface area contributed by atoms with Crippen LogP contribution in [0, 0.1) is 0 Å². The predicted molar refractivity (Wildman–Crippen MR) is 141 cm³/mol. The lowest BCUT2D eigenvalue weighted by atomic mass is 10.0. The molecular formula is C25H35ClN4O6S. The number of nitrogens with zero attached hydrogens (tertiary/aromatic N) is 2. The molecule has 0 saturated carbocycles. The third-order valence-corrected chi connectivity index (χ3v) is 8.42. The molecule has 1 saturated heterocycles. The van der Waals surface area contributed by atoms with Crippen molar-refractivity contribution in [1.29, 1.82) is 0 Å². The molecular weight excluding hydrogens is 520 g/mol. The van der Waals surface area contributed by atoms with Crippen molar-refractivity contribution in [2.24, 2.45) is 0 Å². The molecule has 204 valence electrons. The second-order valence-electron chi connectivity index (χ2n) is 8.67. The Morgan fingerprint density at radius 2 is 1.73 bits per heavy atom. The molecule has 2 aromatic rings. The summed E-state index contributed by atoms with van der Waals surface area (Å²) in [7, 11) is -0.848. The number of piperidine rings is 1. The highest BCUT2D eigenvalue weighted by molar-refractivity contribution is 7.89. The summed E-state index contributed by atoms with van der Waals surface area (Å²) >= 11 is 0. The van der Waals surface area contributed by atoms with Gasteiger partial charge in [0.1, 0.15) is 11.8 Å². The molecule has 12 heteroatoms. The van der Waals surface area contributed by atoms with Gasteiger partial charge in [-0.25, -0.2) is 13.9 Å². The SMILES string of the molecule is CNC1CCN(C(=O)CCN(C(Cc2ccccc2)C(=O)NO)S(=O)(=O)c2ccc(OC)cc2)CC1.Cl. The fourth-order valence-electron chi connectivity index (χ4n) is 4.35. The van der Waals surface area contributed by atoms with E-state index in [0.29, 0.717) is 30.4 Å². The van der Waals surface area contributed by atoms with Crippen molar-refractivity contribution in [3.8, 4) is 5.75 Å².